The number of alkyl halides is 3. The second-order valence-corrected chi connectivity index (χ2v) is 6.03. The van der Waals surface area contributed by atoms with Gasteiger partial charge in [-0.1, -0.05) is 0 Å². The molecule has 12 heteroatoms. The highest BCUT2D eigenvalue weighted by Crippen LogP contribution is 2.31. The van der Waals surface area contributed by atoms with E-state index in [4.69, 9.17) is 11.5 Å². The molecule has 0 atom stereocenters. The first-order valence-electron chi connectivity index (χ1n) is 8.24. The summed E-state index contributed by atoms with van der Waals surface area (Å²) in [5.74, 6) is -1.78. The topological polar surface area (TPSA) is 128 Å². The van der Waals surface area contributed by atoms with Gasteiger partial charge in [-0.25, -0.2) is 14.2 Å². The zero-order valence-electron chi connectivity index (χ0n) is 15.0. The number of nitrogens with one attached hydrogen (secondary N) is 2. The molecular formula is C18H14F4N6O2. The molecule has 3 rings (SSSR count). The number of anilines is 3. The van der Waals surface area contributed by atoms with E-state index in [9.17, 15) is 27.2 Å². The van der Waals surface area contributed by atoms with Crippen molar-refractivity contribution in [2.45, 2.75) is 6.18 Å². The van der Waals surface area contributed by atoms with Gasteiger partial charge in [0.1, 0.15) is 18.0 Å². The van der Waals surface area contributed by atoms with Crippen molar-refractivity contribution in [2.24, 2.45) is 5.73 Å². The van der Waals surface area contributed by atoms with Gasteiger partial charge in [0.2, 0.25) is 0 Å². The van der Waals surface area contributed by atoms with E-state index in [1.165, 1.54) is 35.2 Å². The number of nitrogens with zero attached hydrogens (tertiary/aromatic N) is 2. The number of halogens is 4. The van der Waals surface area contributed by atoms with Crippen molar-refractivity contribution in [3.63, 3.8) is 0 Å². The maximum Gasteiger partial charge on any atom is 0.416 e. The second kappa shape index (κ2) is 7.73. The van der Waals surface area contributed by atoms with Crippen molar-refractivity contribution in [1.29, 1.82) is 0 Å². The fraction of sp³-hybridized carbons (Fsp3) is 0.0556. The lowest BCUT2D eigenvalue weighted by Gasteiger charge is -2.12. The van der Waals surface area contributed by atoms with Crippen molar-refractivity contribution < 1.29 is 27.2 Å². The first-order chi connectivity index (χ1) is 14.1. The maximum absolute atomic E-state index is 13.7. The minimum absolute atomic E-state index is 0.0287. The van der Waals surface area contributed by atoms with Crippen molar-refractivity contribution in [3.05, 3.63) is 65.9 Å². The minimum Gasteiger partial charge on any atom is -0.383 e. The third-order valence-electron chi connectivity index (χ3n) is 3.98. The molecule has 0 aliphatic rings. The summed E-state index contributed by atoms with van der Waals surface area (Å²) in [7, 11) is 0. The largest absolute Gasteiger partial charge is 0.416 e. The van der Waals surface area contributed by atoms with Crippen LogP contribution in [0.4, 0.5) is 39.5 Å². The number of primary amides is 1. The Labute approximate surface area is 166 Å². The van der Waals surface area contributed by atoms with E-state index in [1.54, 1.807) is 0 Å². The van der Waals surface area contributed by atoms with Crippen LogP contribution in [0.2, 0.25) is 0 Å². The molecule has 0 saturated heterocycles. The highest BCUT2D eigenvalue weighted by molar-refractivity contribution is 6.00. The van der Waals surface area contributed by atoms with Crippen LogP contribution in [-0.2, 0) is 6.18 Å². The number of hydrogen-bond acceptors (Lipinski definition) is 4. The Hall–Kier alpha value is -4.09. The smallest absolute Gasteiger partial charge is 0.383 e. The van der Waals surface area contributed by atoms with Crippen LogP contribution in [0.1, 0.15) is 16.1 Å². The Morgan fingerprint density at radius 1 is 1.03 bits per heavy atom. The number of benzene rings is 2. The number of aromatic nitrogens is 2. The number of nitrogens with two attached hydrogens (primary N) is 2. The van der Waals surface area contributed by atoms with Crippen LogP contribution < -0.4 is 22.1 Å². The molecule has 2 aromatic carbocycles. The average Bonchev–Trinajstić information content (AvgIpc) is 3.05. The Bertz CT molecular complexity index is 1110. The number of rotatable bonds is 4. The third-order valence-corrected chi connectivity index (χ3v) is 3.98. The molecule has 0 aliphatic heterocycles. The molecule has 30 heavy (non-hydrogen) atoms. The molecule has 3 amide bonds. The monoisotopic (exact) mass is 422 g/mol. The summed E-state index contributed by atoms with van der Waals surface area (Å²) in [5.41, 5.74) is 9.90. The Morgan fingerprint density at radius 2 is 1.70 bits per heavy atom. The molecule has 0 radical (unpaired) electrons. The van der Waals surface area contributed by atoms with Gasteiger partial charge in [-0.2, -0.15) is 13.2 Å². The standard InChI is InChI=1S/C18H14F4N6O2/c19-12-6-1-9(18(20,21)22)7-13(12)27-17(30)26-10-2-4-11(5-3-10)28-8-25-14(15(28)23)16(24)29/h1-8H,23H2,(H2,24,29)(H2,26,27,30). The molecule has 8 nitrogen and oxygen atoms in total. The molecule has 6 N–H and O–H groups in total. The first kappa shape index (κ1) is 20.6. The number of urea groups is 1. The molecule has 0 bridgehead atoms. The van der Waals surface area contributed by atoms with Gasteiger partial charge in [-0.3, -0.25) is 9.36 Å². The van der Waals surface area contributed by atoms with Gasteiger partial charge < -0.3 is 22.1 Å². The molecule has 1 aromatic heterocycles. The summed E-state index contributed by atoms with van der Waals surface area (Å²) >= 11 is 0. The number of amides is 3. The highest BCUT2D eigenvalue weighted by atomic mass is 19.4. The van der Waals surface area contributed by atoms with Gasteiger partial charge in [0.25, 0.3) is 5.91 Å². The fourth-order valence-electron chi connectivity index (χ4n) is 2.54. The lowest BCUT2D eigenvalue weighted by molar-refractivity contribution is -0.137. The number of carbonyl (C=O) groups is 2. The lowest BCUT2D eigenvalue weighted by atomic mass is 10.2. The summed E-state index contributed by atoms with van der Waals surface area (Å²) in [6.45, 7) is 0. The maximum atomic E-state index is 13.7. The van der Waals surface area contributed by atoms with Gasteiger partial charge >= 0.3 is 12.2 Å². The van der Waals surface area contributed by atoms with E-state index >= 15 is 0 Å². The van der Waals surface area contributed by atoms with E-state index in [1.807, 2.05) is 5.32 Å². The van der Waals surface area contributed by atoms with E-state index in [0.717, 1.165) is 0 Å². The van der Waals surface area contributed by atoms with Crippen molar-refractivity contribution in [3.8, 4) is 5.69 Å². The van der Waals surface area contributed by atoms with E-state index in [0.29, 0.717) is 23.9 Å². The fourth-order valence-corrected chi connectivity index (χ4v) is 2.54. The van der Waals surface area contributed by atoms with Crippen LogP contribution in [0.3, 0.4) is 0 Å². The number of nitrogen functional groups attached to an aromatic ring is 1. The van der Waals surface area contributed by atoms with Crippen LogP contribution in [0, 0.1) is 5.82 Å². The van der Waals surface area contributed by atoms with Gasteiger partial charge in [0, 0.05) is 11.4 Å². The highest BCUT2D eigenvalue weighted by Gasteiger charge is 2.31. The molecule has 0 saturated carbocycles. The van der Waals surface area contributed by atoms with Gasteiger partial charge in [0.15, 0.2) is 5.69 Å². The molecule has 1 heterocycles. The van der Waals surface area contributed by atoms with Gasteiger partial charge in [-0.05, 0) is 42.5 Å². The van der Waals surface area contributed by atoms with E-state index in [-0.39, 0.29) is 17.2 Å². The Morgan fingerprint density at radius 3 is 2.27 bits per heavy atom. The minimum atomic E-state index is -4.68. The Balaban J connectivity index is 1.72. The predicted molar refractivity (Wildman–Crippen MR) is 101 cm³/mol. The van der Waals surface area contributed by atoms with Crippen molar-refractivity contribution in [2.75, 3.05) is 16.4 Å². The molecule has 0 spiro atoms. The van der Waals surface area contributed by atoms with Crippen LogP contribution in [0.25, 0.3) is 5.69 Å². The number of hydrogen-bond donors (Lipinski definition) is 4. The summed E-state index contributed by atoms with van der Waals surface area (Å²) in [6.07, 6.45) is -3.39. The van der Waals surface area contributed by atoms with Crippen LogP contribution in [-0.4, -0.2) is 21.5 Å². The average molecular weight is 422 g/mol. The predicted octanol–water partition coefficient (Wildman–Crippen LogP) is 3.36. The summed E-state index contributed by atoms with van der Waals surface area (Å²) < 4.78 is 53.4. The second-order valence-electron chi connectivity index (χ2n) is 6.03. The lowest BCUT2D eigenvalue weighted by Crippen LogP contribution is -2.20. The first-order valence-corrected chi connectivity index (χ1v) is 8.24. The normalized spacial score (nSPS) is 11.2. The molecule has 0 fully saturated rings. The van der Waals surface area contributed by atoms with E-state index in [2.05, 4.69) is 10.3 Å². The van der Waals surface area contributed by atoms with Gasteiger partial charge in [-0.15, -0.1) is 0 Å². The van der Waals surface area contributed by atoms with Gasteiger partial charge in [0.05, 0.1) is 11.3 Å². The van der Waals surface area contributed by atoms with Crippen LogP contribution >= 0.6 is 0 Å². The van der Waals surface area contributed by atoms with Crippen molar-refractivity contribution in [1.82, 2.24) is 9.55 Å². The summed E-state index contributed by atoms with van der Waals surface area (Å²) in [5, 5.41) is 4.40. The van der Waals surface area contributed by atoms with Crippen LogP contribution in [0.5, 0.6) is 0 Å². The summed E-state index contributed by atoms with van der Waals surface area (Å²) in [6, 6.07) is 6.72. The molecular weight excluding hydrogens is 408 g/mol. The quantitative estimate of drug-likeness (QED) is 0.481. The van der Waals surface area contributed by atoms with E-state index < -0.39 is 35.2 Å². The number of carbonyl (C=O) groups excluding carboxylic acids is 2. The third kappa shape index (κ3) is 4.32. The molecule has 156 valence electrons. The van der Waals surface area contributed by atoms with Crippen LogP contribution in [0.15, 0.2) is 48.8 Å². The zero-order chi connectivity index (χ0) is 22.1. The Kier molecular flexibility index (Phi) is 5.32. The molecule has 0 unspecified atom stereocenters. The molecule has 0 aliphatic carbocycles. The number of imidazole rings is 1. The van der Waals surface area contributed by atoms with Crippen molar-refractivity contribution >= 4 is 29.1 Å². The summed E-state index contributed by atoms with van der Waals surface area (Å²) in [4.78, 5) is 27.1. The SMILES string of the molecule is NC(=O)c1ncn(-c2ccc(NC(=O)Nc3cc(C(F)(F)F)ccc3F)cc2)c1N. The zero-order valence-corrected chi connectivity index (χ0v) is 15.0. The molecule has 3 aromatic rings.